The molecule has 3 rings (SSSR count). The van der Waals surface area contributed by atoms with E-state index in [9.17, 15) is 0 Å². The fourth-order valence-corrected chi connectivity index (χ4v) is 2.82. The van der Waals surface area contributed by atoms with E-state index in [1.54, 1.807) is 13.3 Å². The average molecular weight is 332 g/mol. The first-order valence-corrected chi connectivity index (χ1v) is 8.26. The molecule has 0 bridgehead atoms. The van der Waals surface area contributed by atoms with E-state index < -0.39 is 0 Å². The lowest BCUT2D eigenvalue weighted by Gasteiger charge is -2.37. The molecule has 1 fully saturated rings. The molecule has 7 nitrogen and oxygen atoms in total. The van der Waals surface area contributed by atoms with Crippen LogP contribution in [0.3, 0.4) is 0 Å². The van der Waals surface area contributed by atoms with Crippen LogP contribution >= 0.6 is 0 Å². The number of ether oxygens (including phenoxy) is 2. The SMILES string of the molecule is COCC1CN(c2cc(-c3nc(C(C)C)no3)ccn2)CC(C)O1. The number of hydrogen-bond donors (Lipinski definition) is 0. The fourth-order valence-electron chi connectivity index (χ4n) is 2.82. The largest absolute Gasteiger partial charge is 0.382 e. The van der Waals surface area contributed by atoms with Crippen molar-refractivity contribution in [1.29, 1.82) is 0 Å². The summed E-state index contributed by atoms with van der Waals surface area (Å²) in [5.41, 5.74) is 0.877. The van der Waals surface area contributed by atoms with Gasteiger partial charge in [-0.15, -0.1) is 0 Å². The van der Waals surface area contributed by atoms with Gasteiger partial charge in [-0.2, -0.15) is 4.98 Å². The van der Waals surface area contributed by atoms with Gasteiger partial charge in [-0.1, -0.05) is 19.0 Å². The summed E-state index contributed by atoms with van der Waals surface area (Å²) >= 11 is 0. The molecular formula is C17H24N4O3. The Balaban J connectivity index is 1.81. The first-order valence-electron chi connectivity index (χ1n) is 8.26. The minimum Gasteiger partial charge on any atom is -0.382 e. The third-order valence-corrected chi connectivity index (χ3v) is 3.95. The molecule has 1 aliphatic heterocycles. The lowest BCUT2D eigenvalue weighted by Crippen LogP contribution is -2.48. The van der Waals surface area contributed by atoms with Gasteiger partial charge in [-0.25, -0.2) is 4.98 Å². The average Bonchev–Trinajstić information content (AvgIpc) is 3.05. The second-order valence-electron chi connectivity index (χ2n) is 6.44. The van der Waals surface area contributed by atoms with E-state index in [4.69, 9.17) is 14.0 Å². The van der Waals surface area contributed by atoms with Crippen molar-refractivity contribution in [3.63, 3.8) is 0 Å². The zero-order valence-electron chi connectivity index (χ0n) is 14.6. The van der Waals surface area contributed by atoms with Crippen molar-refractivity contribution in [1.82, 2.24) is 15.1 Å². The Kier molecular flexibility index (Phi) is 5.11. The molecule has 2 aromatic heterocycles. The monoisotopic (exact) mass is 332 g/mol. The molecule has 2 atom stereocenters. The summed E-state index contributed by atoms with van der Waals surface area (Å²) < 4.78 is 16.5. The van der Waals surface area contributed by atoms with Gasteiger partial charge in [-0.05, 0) is 19.1 Å². The Morgan fingerprint density at radius 2 is 2.21 bits per heavy atom. The van der Waals surface area contributed by atoms with Gasteiger partial charge in [-0.3, -0.25) is 0 Å². The van der Waals surface area contributed by atoms with Crippen molar-refractivity contribution in [3.8, 4) is 11.5 Å². The summed E-state index contributed by atoms with van der Waals surface area (Å²) in [6.07, 6.45) is 1.94. The number of anilines is 1. The van der Waals surface area contributed by atoms with Crippen molar-refractivity contribution >= 4 is 5.82 Å². The summed E-state index contributed by atoms with van der Waals surface area (Å²) in [6, 6.07) is 3.87. The van der Waals surface area contributed by atoms with Gasteiger partial charge in [0.2, 0.25) is 0 Å². The van der Waals surface area contributed by atoms with Crippen LogP contribution in [-0.2, 0) is 9.47 Å². The van der Waals surface area contributed by atoms with Gasteiger partial charge in [0.15, 0.2) is 5.82 Å². The lowest BCUT2D eigenvalue weighted by atomic mass is 10.2. The van der Waals surface area contributed by atoms with E-state index >= 15 is 0 Å². The van der Waals surface area contributed by atoms with Crippen molar-refractivity contribution < 1.29 is 14.0 Å². The molecule has 1 aliphatic rings. The first-order chi connectivity index (χ1) is 11.6. The molecule has 0 N–H and O–H groups in total. The van der Waals surface area contributed by atoms with E-state index in [1.165, 1.54) is 0 Å². The van der Waals surface area contributed by atoms with Crippen molar-refractivity contribution in [2.24, 2.45) is 0 Å². The van der Waals surface area contributed by atoms with Gasteiger partial charge in [0.25, 0.3) is 5.89 Å². The van der Waals surface area contributed by atoms with Crippen LogP contribution in [0.15, 0.2) is 22.9 Å². The number of pyridine rings is 1. The van der Waals surface area contributed by atoms with Crippen LogP contribution in [-0.4, -0.2) is 54.1 Å². The van der Waals surface area contributed by atoms with E-state index in [0.29, 0.717) is 18.3 Å². The lowest BCUT2D eigenvalue weighted by molar-refractivity contribution is -0.0512. The van der Waals surface area contributed by atoms with Crippen LogP contribution < -0.4 is 4.90 Å². The second kappa shape index (κ2) is 7.27. The van der Waals surface area contributed by atoms with Gasteiger partial charge < -0.3 is 18.9 Å². The predicted octanol–water partition coefficient (Wildman–Crippen LogP) is 2.50. The highest BCUT2D eigenvalue weighted by Gasteiger charge is 2.26. The fraction of sp³-hybridized carbons (Fsp3) is 0.588. The maximum Gasteiger partial charge on any atom is 0.258 e. The smallest absolute Gasteiger partial charge is 0.258 e. The van der Waals surface area contributed by atoms with Crippen molar-refractivity contribution in [2.75, 3.05) is 31.7 Å². The van der Waals surface area contributed by atoms with E-state index in [-0.39, 0.29) is 18.1 Å². The topological polar surface area (TPSA) is 73.5 Å². The van der Waals surface area contributed by atoms with Crippen LogP contribution in [0.2, 0.25) is 0 Å². The highest BCUT2D eigenvalue weighted by atomic mass is 16.5. The summed E-state index contributed by atoms with van der Waals surface area (Å²) in [5, 5.41) is 4.03. The van der Waals surface area contributed by atoms with Crippen LogP contribution in [0.4, 0.5) is 5.82 Å². The zero-order chi connectivity index (χ0) is 17.1. The summed E-state index contributed by atoms with van der Waals surface area (Å²) in [6.45, 7) is 8.25. The standard InChI is InChI=1S/C17H24N4O3/c1-11(2)16-19-17(24-20-16)13-5-6-18-15(7-13)21-8-12(3)23-14(9-21)10-22-4/h5-7,11-12,14H,8-10H2,1-4H3. The molecule has 2 aromatic rings. The molecular weight excluding hydrogens is 308 g/mol. The number of morpholine rings is 1. The number of methoxy groups -OCH3 is 1. The molecule has 0 spiro atoms. The van der Waals surface area contributed by atoms with Gasteiger partial charge in [0, 0.05) is 37.9 Å². The maximum atomic E-state index is 5.89. The summed E-state index contributed by atoms with van der Waals surface area (Å²) in [5.74, 6) is 2.35. The molecule has 0 radical (unpaired) electrons. The Morgan fingerprint density at radius 1 is 1.38 bits per heavy atom. The number of hydrogen-bond acceptors (Lipinski definition) is 7. The molecule has 130 valence electrons. The van der Waals surface area contributed by atoms with Gasteiger partial charge >= 0.3 is 0 Å². The first kappa shape index (κ1) is 16.9. The quantitative estimate of drug-likeness (QED) is 0.833. The number of rotatable bonds is 5. The van der Waals surface area contributed by atoms with Crippen molar-refractivity contribution in [2.45, 2.75) is 38.9 Å². The number of aromatic nitrogens is 3. The molecule has 0 aromatic carbocycles. The zero-order valence-corrected chi connectivity index (χ0v) is 14.6. The minimum atomic E-state index is 0.0418. The molecule has 7 heteroatoms. The maximum absolute atomic E-state index is 5.89. The van der Waals surface area contributed by atoms with Crippen LogP contribution in [0, 0.1) is 0 Å². The third-order valence-electron chi connectivity index (χ3n) is 3.95. The van der Waals surface area contributed by atoms with Crippen molar-refractivity contribution in [3.05, 3.63) is 24.2 Å². The third kappa shape index (κ3) is 3.73. The molecule has 24 heavy (non-hydrogen) atoms. The molecule has 2 unspecified atom stereocenters. The Morgan fingerprint density at radius 3 is 2.92 bits per heavy atom. The second-order valence-corrected chi connectivity index (χ2v) is 6.44. The molecule has 0 amide bonds. The molecule has 0 saturated carbocycles. The van der Waals surface area contributed by atoms with Gasteiger partial charge in [0.05, 0.1) is 18.8 Å². The Hall–Kier alpha value is -1.99. The highest BCUT2D eigenvalue weighted by molar-refractivity contribution is 5.58. The number of nitrogens with zero attached hydrogens (tertiary/aromatic N) is 4. The Bertz CT molecular complexity index is 673. The van der Waals surface area contributed by atoms with E-state index in [0.717, 1.165) is 24.5 Å². The summed E-state index contributed by atoms with van der Waals surface area (Å²) in [4.78, 5) is 11.2. The molecule has 0 aliphatic carbocycles. The van der Waals surface area contributed by atoms with Gasteiger partial charge in [0.1, 0.15) is 5.82 Å². The molecule has 3 heterocycles. The van der Waals surface area contributed by atoms with Crippen LogP contribution in [0.25, 0.3) is 11.5 Å². The minimum absolute atomic E-state index is 0.0418. The summed E-state index contributed by atoms with van der Waals surface area (Å²) in [7, 11) is 1.69. The Labute approximate surface area is 142 Å². The van der Waals surface area contributed by atoms with Crippen LogP contribution in [0.5, 0.6) is 0 Å². The van der Waals surface area contributed by atoms with Crippen LogP contribution in [0.1, 0.15) is 32.5 Å². The highest BCUT2D eigenvalue weighted by Crippen LogP contribution is 2.25. The normalized spacial score (nSPS) is 21.5. The molecule has 1 saturated heterocycles. The van der Waals surface area contributed by atoms with E-state index in [1.807, 2.05) is 26.0 Å². The predicted molar refractivity (Wildman–Crippen MR) is 90.0 cm³/mol. The van der Waals surface area contributed by atoms with E-state index in [2.05, 4.69) is 26.9 Å².